The molecule has 0 aliphatic rings. The Labute approximate surface area is 165 Å². The predicted molar refractivity (Wildman–Crippen MR) is 98.0 cm³/mol. The molecule has 0 unspecified atom stereocenters. The highest BCUT2D eigenvalue weighted by molar-refractivity contribution is 5.94. The van der Waals surface area contributed by atoms with E-state index in [-0.39, 0.29) is 23.8 Å². The smallest absolute Gasteiger partial charge is 0.434 e. The third-order valence-electron chi connectivity index (χ3n) is 3.86. The monoisotopic (exact) mass is 413 g/mol. The first-order valence-electron chi connectivity index (χ1n) is 9.08. The number of alkyl halides is 3. The van der Waals surface area contributed by atoms with Crippen LogP contribution in [0.4, 0.5) is 13.2 Å². The number of hydrogen-bond acceptors (Lipinski definition) is 5. The van der Waals surface area contributed by atoms with E-state index < -0.39 is 23.4 Å². The zero-order valence-electron chi connectivity index (χ0n) is 16.1. The molecule has 0 saturated heterocycles. The largest absolute Gasteiger partial charge is 0.462 e. The summed E-state index contributed by atoms with van der Waals surface area (Å²) in [5.74, 6) is -1.45. The van der Waals surface area contributed by atoms with E-state index in [1.54, 1.807) is 0 Å². The van der Waals surface area contributed by atoms with Gasteiger partial charge in [-0.1, -0.05) is 0 Å². The lowest BCUT2D eigenvalue weighted by Gasteiger charge is -2.13. The van der Waals surface area contributed by atoms with E-state index in [9.17, 15) is 22.8 Å². The van der Waals surface area contributed by atoms with Gasteiger partial charge in [-0.05, 0) is 44.5 Å². The maximum absolute atomic E-state index is 13.5. The van der Waals surface area contributed by atoms with Gasteiger partial charge < -0.3 is 14.8 Å². The van der Waals surface area contributed by atoms with Crippen LogP contribution in [0.5, 0.6) is 0 Å². The molecule has 2 rings (SSSR count). The third-order valence-corrected chi connectivity index (χ3v) is 3.86. The van der Waals surface area contributed by atoms with Crippen molar-refractivity contribution in [2.75, 3.05) is 26.4 Å². The van der Waals surface area contributed by atoms with Crippen LogP contribution in [0, 0.1) is 0 Å². The minimum Gasteiger partial charge on any atom is -0.462 e. The number of nitrogens with zero attached hydrogens (tertiary/aromatic N) is 2. The molecule has 1 heterocycles. The molecule has 2 aromatic rings. The molecule has 0 spiro atoms. The summed E-state index contributed by atoms with van der Waals surface area (Å²) in [6, 6.07) is 5.43. The predicted octanol–water partition coefficient (Wildman–Crippen LogP) is 3.22. The molecule has 0 aliphatic heterocycles. The van der Waals surface area contributed by atoms with E-state index in [0.29, 0.717) is 30.9 Å². The van der Waals surface area contributed by atoms with Crippen LogP contribution < -0.4 is 5.32 Å². The lowest BCUT2D eigenvalue weighted by molar-refractivity contribution is -0.143. The molecule has 7 nitrogen and oxygen atoms in total. The first-order valence-corrected chi connectivity index (χ1v) is 9.08. The molecule has 0 atom stereocenters. The second-order valence-electron chi connectivity index (χ2n) is 5.89. The van der Waals surface area contributed by atoms with Crippen LogP contribution >= 0.6 is 0 Å². The summed E-state index contributed by atoms with van der Waals surface area (Å²) in [6.45, 7) is 4.85. The molecule has 0 saturated carbocycles. The molecular formula is C19H22F3N3O4. The molecule has 158 valence electrons. The Bertz CT molecular complexity index is 832. The summed E-state index contributed by atoms with van der Waals surface area (Å²) in [5, 5.41) is 6.39. The molecule has 10 heteroatoms. The topological polar surface area (TPSA) is 82.5 Å². The van der Waals surface area contributed by atoms with Gasteiger partial charge in [0.05, 0.1) is 18.5 Å². The molecule has 1 N–H and O–H groups in total. The van der Waals surface area contributed by atoms with Gasteiger partial charge in [-0.25, -0.2) is 9.48 Å². The van der Waals surface area contributed by atoms with E-state index in [1.165, 1.54) is 31.2 Å². The van der Waals surface area contributed by atoms with Crippen molar-refractivity contribution >= 4 is 11.9 Å². The summed E-state index contributed by atoms with van der Waals surface area (Å²) in [7, 11) is 0. The van der Waals surface area contributed by atoms with Gasteiger partial charge in [-0.15, -0.1) is 0 Å². The Morgan fingerprint density at radius 1 is 1.14 bits per heavy atom. The molecule has 0 radical (unpaired) electrons. The van der Waals surface area contributed by atoms with E-state index in [1.807, 2.05) is 6.92 Å². The van der Waals surface area contributed by atoms with Crippen molar-refractivity contribution in [1.29, 1.82) is 0 Å². The Hall–Kier alpha value is -2.88. The van der Waals surface area contributed by atoms with Crippen molar-refractivity contribution in [3.63, 3.8) is 0 Å². The fraction of sp³-hybridized carbons (Fsp3) is 0.421. The Kier molecular flexibility index (Phi) is 7.77. The molecular weight excluding hydrogens is 391 g/mol. The van der Waals surface area contributed by atoms with Crippen LogP contribution in [-0.4, -0.2) is 48.0 Å². The number of benzene rings is 1. The van der Waals surface area contributed by atoms with Gasteiger partial charge in [-0.2, -0.15) is 18.3 Å². The number of ether oxygens (including phenoxy) is 2. The first kappa shape index (κ1) is 22.4. The maximum Gasteiger partial charge on any atom is 0.434 e. The van der Waals surface area contributed by atoms with Crippen molar-refractivity contribution in [2.45, 2.75) is 26.4 Å². The van der Waals surface area contributed by atoms with Gasteiger partial charge in [0, 0.05) is 25.3 Å². The number of esters is 1. The molecule has 1 aromatic heterocycles. The first-order chi connectivity index (χ1) is 13.8. The number of carbonyl (C=O) groups is 2. The zero-order chi connectivity index (χ0) is 21.4. The summed E-state index contributed by atoms with van der Waals surface area (Å²) in [6.07, 6.45) is -3.36. The Morgan fingerprint density at radius 3 is 2.41 bits per heavy atom. The van der Waals surface area contributed by atoms with Crippen molar-refractivity contribution in [2.24, 2.45) is 0 Å². The average Bonchev–Trinajstić information content (AvgIpc) is 3.14. The molecule has 0 fully saturated rings. The van der Waals surface area contributed by atoms with Crippen LogP contribution in [0.15, 0.2) is 30.5 Å². The van der Waals surface area contributed by atoms with Crippen LogP contribution in [0.25, 0.3) is 5.69 Å². The van der Waals surface area contributed by atoms with Crippen LogP contribution in [0.1, 0.15) is 46.7 Å². The number of rotatable bonds is 9. The third kappa shape index (κ3) is 5.80. The highest BCUT2D eigenvalue weighted by atomic mass is 19.4. The quantitative estimate of drug-likeness (QED) is 0.504. The Balaban J connectivity index is 2.19. The normalized spacial score (nSPS) is 11.3. The van der Waals surface area contributed by atoms with Crippen LogP contribution in [0.3, 0.4) is 0 Å². The average molecular weight is 413 g/mol. The summed E-state index contributed by atoms with van der Waals surface area (Å²) in [5.41, 5.74) is -1.56. The van der Waals surface area contributed by atoms with Crippen LogP contribution in [0.2, 0.25) is 0 Å². The van der Waals surface area contributed by atoms with Gasteiger partial charge in [0.2, 0.25) is 0 Å². The lowest BCUT2D eigenvalue weighted by atomic mass is 10.2. The van der Waals surface area contributed by atoms with Crippen LogP contribution in [-0.2, 0) is 15.7 Å². The minimum atomic E-state index is -4.82. The van der Waals surface area contributed by atoms with Gasteiger partial charge in [-0.3, -0.25) is 4.79 Å². The van der Waals surface area contributed by atoms with Gasteiger partial charge in [0.15, 0.2) is 5.69 Å². The second-order valence-corrected chi connectivity index (χ2v) is 5.89. The number of aromatic nitrogens is 2. The van der Waals surface area contributed by atoms with Gasteiger partial charge in [0.1, 0.15) is 5.56 Å². The second kappa shape index (κ2) is 10.1. The number of hydrogen-bond donors (Lipinski definition) is 1. The Morgan fingerprint density at radius 2 is 1.83 bits per heavy atom. The van der Waals surface area contributed by atoms with E-state index >= 15 is 0 Å². The fourth-order valence-corrected chi connectivity index (χ4v) is 2.55. The van der Waals surface area contributed by atoms with Gasteiger partial charge in [0.25, 0.3) is 5.91 Å². The number of nitrogens with one attached hydrogen (secondary N) is 1. The summed E-state index contributed by atoms with van der Waals surface area (Å²) in [4.78, 5) is 23.9. The molecule has 29 heavy (non-hydrogen) atoms. The number of amides is 1. The molecule has 0 bridgehead atoms. The van der Waals surface area contributed by atoms with E-state index in [4.69, 9.17) is 4.74 Å². The SMILES string of the molecule is CCOCCCNC(=O)c1ccc(-n2ncc(C(=O)OCC)c2C(F)(F)F)cc1. The highest BCUT2D eigenvalue weighted by Gasteiger charge is 2.41. The molecule has 1 amide bonds. The summed E-state index contributed by atoms with van der Waals surface area (Å²) < 4.78 is 51.0. The zero-order valence-corrected chi connectivity index (χ0v) is 16.1. The minimum absolute atomic E-state index is 0.0563. The number of carbonyl (C=O) groups excluding carboxylic acids is 2. The number of halogens is 3. The van der Waals surface area contributed by atoms with Crippen molar-refractivity contribution in [3.05, 3.63) is 47.3 Å². The summed E-state index contributed by atoms with van der Waals surface area (Å²) >= 11 is 0. The van der Waals surface area contributed by atoms with Gasteiger partial charge >= 0.3 is 12.1 Å². The van der Waals surface area contributed by atoms with Crippen molar-refractivity contribution in [1.82, 2.24) is 15.1 Å². The highest BCUT2D eigenvalue weighted by Crippen LogP contribution is 2.34. The van der Waals surface area contributed by atoms with E-state index in [2.05, 4.69) is 15.2 Å². The maximum atomic E-state index is 13.5. The van der Waals surface area contributed by atoms with E-state index in [0.717, 1.165) is 6.20 Å². The van der Waals surface area contributed by atoms with Crippen molar-refractivity contribution < 1.29 is 32.2 Å². The fourth-order valence-electron chi connectivity index (χ4n) is 2.55. The lowest BCUT2D eigenvalue weighted by Crippen LogP contribution is -2.25. The molecule has 0 aliphatic carbocycles. The molecule has 1 aromatic carbocycles. The van der Waals surface area contributed by atoms with Crippen molar-refractivity contribution in [3.8, 4) is 5.69 Å². The standard InChI is InChI=1S/C19H22F3N3O4/c1-3-28-11-5-10-23-17(26)13-6-8-14(9-7-13)25-16(19(20,21)22)15(12-24-25)18(27)29-4-2/h6-9,12H,3-5,10-11H2,1-2H3,(H,23,26).